The van der Waals surface area contributed by atoms with Crippen LogP contribution in [0.1, 0.15) is 5.82 Å². The summed E-state index contributed by atoms with van der Waals surface area (Å²) in [6.45, 7) is -0.671. The molecule has 0 fully saturated rings. The Morgan fingerprint density at radius 1 is 1.26 bits per heavy atom. The molecule has 0 bridgehead atoms. The van der Waals surface area contributed by atoms with Gasteiger partial charge < -0.3 is 15.8 Å². The number of hydrogen-bond acceptors (Lipinski definition) is 6. The van der Waals surface area contributed by atoms with Crippen LogP contribution in [-0.2, 0) is 6.18 Å². The second-order valence-corrected chi connectivity index (χ2v) is 3.39. The molecular weight excluding hydrogens is 277 g/mol. The summed E-state index contributed by atoms with van der Waals surface area (Å²) in [5.74, 6) is 2.70. The van der Waals surface area contributed by atoms with Crippen LogP contribution in [0.25, 0.3) is 0 Å². The lowest BCUT2D eigenvalue weighted by Gasteiger charge is -2.13. The number of aromatic nitrogens is 2. The lowest BCUT2D eigenvalue weighted by Crippen LogP contribution is -2.27. The van der Waals surface area contributed by atoms with Gasteiger partial charge in [-0.1, -0.05) is 0 Å². The minimum absolute atomic E-state index is 0.351. The summed E-state index contributed by atoms with van der Waals surface area (Å²) in [6.07, 6.45) is -9.87. The van der Waals surface area contributed by atoms with E-state index < -0.39 is 36.9 Å². The highest BCUT2D eigenvalue weighted by Crippen LogP contribution is 2.28. The molecule has 19 heavy (non-hydrogen) atoms. The summed E-state index contributed by atoms with van der Waals surface area (Å²) >= 11 is 0. The monoisotopic (exact) mass is 287 g/mol. The fraction of sp³-hybridized carbons (Fsp3) is 0.500. The van der Waals surface area contributed by atoms with E-state index in [1.54, 1.807) is 0 Å². The molecule has 0 aliphatic carbocycles. The first-order valence-corrected chi connectivity index (χ1v) is 4.87. The number of nitrogen functional groups attached to an aromatic ring is 1. The molecule has 1 aromatic heterocycles. The van der Waals surface area contributed by atoms with Crippen LogP contribution in [0, 0.1) is 0 Å². The molecule has 1 aromatic rings. The Balaban J connectivity index is 2.89. The van der Waals surface area contributed by atoms with Crippen LogP contribution < -0.4 is 16.6 Å². The van der Waals surface area contributed by atoms with Crippen LogP contribution in [0.15, 0.2) is 6.07 Å². The van der Waals surface area contributed by atoms with Crippen molar-refractivity contribution in [2.45, 2.75) is 18.7 Å². The van der Waals surface area contributed by atoms with Crippen LogP contribution in [0.4, 0.5) is 33.6 Å². The van der Waals surface area contributed by atoms with E-state index in [-0.39, 0.29) is 5.82 Å². The fourth-order valence-corrected chi connectivity index (χ4v) is 1.04. The highest BCUT2D eigenvalue weighted by molar-refractivity contribution is 5.47. The molecule has 0 aromatic carbocycles. The van der Waals surface area contributed by atoms with Gasteiger partial charge >= 0.3 is 6.18 Å². The topological polar surface area (TPSA) is 96.1 Å². The van der Waals surface area contributed by atoms with Gasteiger partial charge in [-0.05, 0) is 0 Å². The summed E-state index contributed by atoms with van der Waals surface area (Å²) in [7, 11) is 0. The number of hydrazine groups is 1. The number of hydrogen-bond donors (Lipinski definition) is 4. The molecule has 5 N–H and O–H groups in total. The molecule has 0 spiro atoms. The quantitative estimate of drug-likeness (QED) is 0.364. The van der Waals surface area contributed by atoms with Crippen molar-refractivity contribution in [2.75, 3.05) is 17.3 Å². The summed E-state index contributed by atoms with van der Waals surface area (Å²) in [4.78, 5) is 6.15. The SMILES string of the molecule is NNc1cc(NCC(O)C(F)F)nc(C(F)(F)F)n1. The number of alkyl halides is 5. The van der Waals surface area contributed by atoms with E-state index in [4.69, 9.17) is 10.9 Å². The molecule has 1 heterocycles. The Bertz CT molecular complexity index is 426. The highest BCUT2D eigenvalue weighted by Gasteiger charge is 2.35. The van der Waals surface area contributed by atoms with Crippen molar-refractivity contribution >= 4 is 11.6 Å². The zero-order valence-electron chi connectivity index (χ0n) is 9.25. The molecule has 1 atom stereocenters. The molecule has 0 saturated heterocycles. The number of aliphatic hydroxyl groups excluding tert-OH is 1. The molecular formula is C8H10F5N5O. The van der Waals surface area contributed by atoms with E-state index in [0.717, 1.165) is 6.07 Å². The van der Waals surface area contributed by atoms with Gasteiger partial charge in [0, 0.05) is 12.6 Å². The first-order valence-electron chi connectivity index (χ1n) is 4.87. The Morgan fingerprint density at radius 2 is 1.84 bits per heavy atom. The summed E-state index contributed by atoms with van der Waals surface area (Å²) in [5, 5.41) is 11.0. The second-order valence-electron chi connectivity index (χ2n) is 3.39. The predicted molar refractivity (Wildman–Crippen MR) is 55.3 cm³/mol. The lowest BCUT2D eigenvalue weighted by molar-refractivity contribution is -0.144. The maximum absolute atomic E-state index is 12.4. The Hall–Kier alpha value is -1.75. The molecule has 0 radical (unpaired) electrons. The zero-order valence-corrected chi connectivity index (χ0v) is 9.25. The lowest BCUT2D eigenvalue weighted by atomic mass is 10.3. The molecule has 0 aliphatic heterocycles. The third-order valence-corrected chi connectivity index (χ3v) is 1.91. The first kappa shape index (κ1) is 15.3. The van der Waals surface area contributed by atoms with E-state index in [0.29, 0.717) is 0 Å². The molecule has 1 rings (SSSR count). The number of aliphatic hydroxyl groups is 1. The van der Waals surface area contributed by atoms with E-state index in [1.165, 1.54) is 0 Å². The Morgan fingerprint density at radius 3 is 2.32 bits per heavy atom. The van der Waals surface area contributed by atoms with Crippen LogP contribution in [0.2, 0.25) is 0 Å². The van der Waals surface area contributed by atoms with Gasteiger partial charge in [0.1, 0.15) is 17.7 Å². The minimum atomic E-state index is -4.81. The van der Waals surface area contributed by atoms with E-state index in [1.807, 2.05) is 5.43 Å². The number of anilines is 2. The normalized spacial score (nSPS) is 13.5. The van der Waals surface area contributed by atoms with Crippen molar-refractivity contribution in [3.63, 3.8) is 0 Å². The van der Waals surface area contributed by atoms with Crippen LogP contribution in [0.3, 0.4) is 0 Å². The van der Waals surface area contributed by atoms with Gasteiger partial charge in [0.15, 0.2) is 0 Å². The van der Waals surface area contributed by atoms with Crippen molar-refractivity contribution in [1.29, 1.82) is 0 Å². The fourth-order valence-electron chi connectivity index (χ4n) is 1.04. The maximum Gasteiger partial charge on any atom is 0.451 e. The first-order chi connectivity index (χ1) is 8.74. The van der Waals surface area contributed by atoms with Gasteiger partial charge in [-0.15, -0.1) is 0 Å². The molecule has 0 aliphatic rings. The van der Waals surface area contributed by atoms with Gasteiger partial charge in [0.05, 0.1) is 0 Å². The molecule has 11 heteroatoms. The maximum atomic E-state index is 12.4. The molecule has 0 saturated carbocycles. The molecule has 0 amide bonds. The average Bonchev–Trinajstić information content (AvgIpc) is 2.34. The predicted octanol–water partition coefficient (Wildman–Crippen LogP) is 0.819. The van der Waals surface area contributed by atoms with Crippen molar-refractivity contribution in [1.82, 2.24) is 9.97 Å². The van der Waals surface area contributed by atoms with Gasteiger partial charge in [-0.2, -0.15) is 13.2 Å². The van der Waals surface area contributed by atoms with Crippen LogP contribution in [-0.4, -0.2) is 34.1 Å². The molecule has 1 unspecified atom stereocenters. The minimum Gasteiger partial charge on any atom is -0.385 e. The standard InChI is InChI=1S/C8H10F5N5O/c9-6(10)3(19)2-15-4-1-5(18-14)17-7(16-4)8(11,12)13/h1,3,6,19H,2,14H2,(H2,15,16,17,18). The van der Waals surface area contributed by atoms with Gasteiger partial charge in [0.25, 0.3) is 6.43 Å². The largest absolute Gasteiger partial charge is 0.451 e. The zero-order chi connectivity index (χ0) is 14.6. The number of rotatable bonds is 5. The van der Waals surface area contributed by atoms with E-state index >= 15 is 0 Å². The number of halogens is 5. The second kappa shape index (κ2) is 5.93. The summed E-state index contributed by atoms with van der Waals surface area (Å²) in [5.41, 5.74) is 1.89. The van der Waals surface area contributed by atoms with Gasteiger partial charge in [-0.25, -0.2) is 24.6 Å². The van der Waals surface area contributed by atoms with Crippen molar-refractivity contribution in [3.05, 3.63) is 11.9 Å². The molecule has 108 valence electrons. The molecule has 6 nitrogen and oxygen atoms in total. The van der Waals surface area contributed by atoms with Crippen LogP contribution in [0.5, 0.6) is 0 Å². The van der Waals surface area contributed by atoms with Gasteiger partial charge in [-0.3, -0.25) is 0 Å². The van der Waals surface area contributed by atoms with Crippen molar-refractivity contribution in [3.8, 4) is 0 Å². The highest BCUT2D eigenvalue weighted by atomic mass is 19.4. The van der Waals surface area contributed by atoms with Crippen molar-refractivity contribution in [2.24, 2.45) is 5.84 Å². The van der Waals surface area contributed by atoms with Crippen LogP contribution >= 0.6 is 0 Å². The number of nitrogens with two attached hydrogens (primary N) is 1. The Labute approximate surface area is 103 Å². The van der Waals surface area contributed by atoms with Gasteiger partial charge in [0.2, 0.25) is 5.82 Å². The van der Waals surface area contributed by atoms with Crippen molar-refractivity contribution < 1.29 is 27.1 Å². The number of nitrogens with zero attached hydrogens (tertiary/aromatic N) is 2. The van der Waals surface area contributed by atoms with E-state index in [9.17, 15) is 22.0 Å². The summed E-state index contributed by atoms with van der Waals surface area (Å²) < 4.78 is 61.3. The Kier molecular flexibility index (Phi) is 4.78. The van der Waals surface area contributed by atoms with E-state index in [2.05, 4.69) is 15.3 Å². The average molecular weight is 287 g/mol. The third kappa shape index (κ3) is 4.44. The smallest absolute Gasteiger partial charge is 0.385 e. The third-order valence-electron chi connectivity index (χ3n) is 1.91. The number of nitrogens with one attached hydrogen (secondary N) is 2. The summed E-state index contributed by atoms with van der Waals surface area (Å²) in [6, 6.07) is 0.980.